The van der Waals surface area contributed by atoms with Crippen molar-refractivity contribution >= 4 is 22.7 Å². The van der Waals surface area contributed by atoms with Crippen molar-refractivity contribution in [3.63, 3.8) is 0 Å². The van der Waals surface area contributed by atoms with Crippen LogP contribution in [0.25, 0.3) is 11.1 Å². The highest BCUT2D eigenvalue weighted by molar-refractivity contribution is 6.05. The Bertz CT molecular complexity index is 1420. The Morgan fingerprint density at radius 2 is 1.74 bits per heavy atom. The first-order chi connectivity index (χ1) is 16.6. The van der Waals surface area contributed by atoms with Crippen LogP contribution in [0, 0.1) is 0 Å². The summed E-state index contributed by atoms with van der Waals surface area (Å²) >= 11 is 0. The van der Waals surface area contributed by atoms with E-state index in [9.17, 15) is 22.8 Å². The Morgan fingerprint density at radius 3 is 2.46 bits per heavy atom. The van der Waals surface area contributed by atoms with Gasteiger partial charge < -0.3 is 19.4 Å². The van der Waals surface area contributed by atoms with Crippen molar-refractivity contribution in [2.75, 3.05) is 26.0 Å². The van der Waals surface area contributed by atoms with Gasteiger partial charge in [0.15, 0.2) is 5.58 Å². The maximum absolute atomic E-state index is 13.0. The smallest absolute Gasteiger partial charge is 0.419 e. The molecule has 10 heteroatoms. The molecule has 182 valence electrons. The number of rotatable bonds is 7. The molecule has 3 aromatic carbocycles. The SMILES string of the molecule is CN(C)CCn1c(=O)oc2ccc(NC(=O)c3cccc(Oc4cccc(C(F)(F)F)c4)c3)cc21. The first kappa shape index (κ1) is 24.1. The van der Waals surface area contributed by atoms with Crippen molar-refractivity contribution in [2.24, 2.45) is 0 Å². The summed E-state index contributed by atoms with van der Waals surface area (Å²) in [5.74, 6) is -0.729. The molecule has 0 unspecified atom stereocenters. The number of nitrogens with one attached hydrogen (secondary N) is 1. The van der Waals surface area contributed by atoms with Crippen molar-refractivity contribution in [2.45, 2.75) is 12.7 Å². The number of nitrogens with zero attached hydrogens (tertiary/aromatic N) is 2. The van der Waals surface area contributed by atoms with E-state index in [1.807, 2.05) is 19.0 Å². The first-order valence-electron chi connectivity index (χ1n) is 10.6. The summed E-state index contributed by atoms with van der Waals surface area (Å²) in [6.07, 6.45) is -4.49. The molecule has 0 radical (unpaired) electrons. The van der Waals surface area contributed by atoms with E-state index in [0.717, 1.165) is 12.1 Å². The number of fused-ring (bicyclic) bond motifs is 1. The van der Waals surface area contributed by atoms with E-state index in [0.29, 0.717) is 29.9 Å². The molecule has 7 nitrogen and oxygen atoms in total. The van der Waals surface area contributed by atoms with Gasteiger partial charge in [-0.15, -0.1) is 0 Å². The van der Waals surface area contributed by atoms with Gasteiger partial charge in [-0.25, -0.2) is 4.79 Å². The third-order valence-corrected chi connectivity index (χ3v) is 5.19. The molecule has 0 aliphatic rings. The minimum absolute atomic E-state index is 0.00140. The van der Waals surface area contributed by atoms with E-state index < -0.39 is 23.4 Å². The monoisotopic (exact) mass is 485 g/mol. The third-order valence-electron chi connectivity index (χ3n) is 5.19. The van der Waals surface area contributed by atoms with Crippen LogP contribution in [-0.4, -0.2) is 36.0 Å². The molecule has 0 fully saturated rings. The minimum atomic E-state index is -4.49. The summed E-state index contributed by atoms with van der Waals surface area (Å²) in [6.45, 7) is 1.05. The Labute approximate surface area is 198 Å². The Balaban J connectivity index is 1.52. The molecule has 4 aromatic rings. The van der Waals surface area contributed by atoms with Gasteiger partial charge in [-0.3, -0.25) is 9.36 Å². The number of amides is 1. The number of halogens is 3. The van der Waals surface area contributed by atoms with Gasteiger partial charge >= 0.3 is 11.9 Å². The van der Waals surface area contributed by atoms with Crippen LogP contribution < -0.4 is 15.8 Å². The number of hydrogen-bond donors (Lipinski definition) is 1. The van der Waals surface area contributed by atoms with Gasteiger partial charge in [-0.05, 0) is 68.7 Å². The average molecular weight is 485 g/mol. The van der Waals surface area contributed by atoms with Gasteiger partial charge in [-0.2, -0.15) is 13.2 Å². The molecule has 0 bridgehead atoms. The zero-order valence-corrected chi connectivity index (χ0v) is 18.9. The van der Waals surface area contributed by atoms with Crippen molar-refractivity contribution in [3.8, 4) is 11.5 Å². The maximum Gasteiger partial charge on any atom is 0.419 e. The van der Waals surface area contributed by atoms with Gasteiger partial charge in [0.1, 0.15) is 11.5 Å². The van der Waals surface area contributed by atoms with Gasteiger partial charge in [0, 0.05) is 24.3 Å². The third kappa shape index (κ3) is 5.72. The number of aromatic nitrogens is 1. The van der Waals surface area contributed by atoms with E-state index in [4.69, 9.17) is 9.15 Å². The van der Waals surface area contributed by atoms with E-state index >= 15 is 0 Å². The maximum atomic E-state index is 13.0. The van der Waals surface area contributed by atoms with E-state index in [-0.39, 0.29) is 17.1 Å². The molecule has 1 amide bonds. The summed E-state index contributed by atoms with van der Waals surface area (Å²) in [4.78, 5) is 27.0. The summed E-state index contributed by atoms with van der Waals surface area (Å²) in [5, 5.41) is 2.76. The lowest BCUT2D eigenvalue weighted by Gasteiger charge is -2.11. The fourth-order valence-electron chi connectivity index (χ4n) is 3.43. The second-order valence-corrected chi connectivity index (χ2v) is 8.11. The number of hydrogen-bond acceptors (Lipinski definition) is 5. The Kier molecular flexibility index (Phi) is 6.65. The summed E-state index contributed by atoms with van der Waals surface area (Å²) in [7, 11) is 3.79. The molecular formula is C25H22F3N3O4. The number of benzene rings is 3. The lowest BCUT2D eigenvalue weighted by atomic mass is 10.2. The molecule has 1 aromatic heterocycles. The molecule has 0 saturated carbocycles. The van der Waals surface area contributed by atoms with E-state index in [1.54, 1.807) is 30.3 Å². The highest BCUT2D eigenvalue weighted by Crippen LogP contribution is 2.33. The number of oxazole rings is 1. The van der Waals surface area contributed by atoms with Crippen LogP contribution in [0.1, 0.15) is 15.9 Å². The molecule has 0 aliphatic heterocycles. The standard InChI is InChI=1S/C25H22F3N3O4/c1-30(2)11-12-31-21-15-18(9-10-22(21)35-24(31)33)29-23(32)16-5-3-7-19(13-16)34-20-8-4-6-17(14-20)25(26,27)28/h3-10,13-15H,11-12H2,1-2H3,(H,29,32). The number of carbonyl (C=O) groups is 1. The van der Waals surface area contributed by atoms with E-state index in [2.05, 4.69) is 5.32 Å². The van der Waals surface area contributed by atoms with Crippen molar-refractivity contribution in [3.05, 3.63) is 88.4 Å². The predicted octanol–water partition coefficient (Wildman–Crippen LogP) is 5.22. The number of alkyl halides is 3. The van der Waals surface area contributed by atoms with Crippen LogP contribution in [0.5, 0.6) is 11.5 Å². The quantitative estimate of drug-likeness (QED) is 0.389. The molecule has 1 N–H and O–H groups in total. The topological polar surface area (TPSA) is 76.7 Å². The minimum Gasteiger partial charge on any atom is -0.457 e. The molecule has 1 heterocycles. The van der Waals surface area contributed by atoms with Gasteiger partial charge in [0.2, 0.25) is 0 Å². The molecule has 0 spiro atoms. The molecule has 4 rings (SSSR count). The molecule has 0 atom stereocenters. The summed E-state index contributed by atoms with van der Waals surface area (Å²) in [6, 6.07) is 15.4. The van der Waals surface area contributed by atoms with Crippen LogP contribution in [0.15, 0.2) is 75.9 Å². The molecule has 0 aliphatic carbocycles. The van der Waals surface area contributed by atoms with Gasteiger partial charge in [0.25, 0.3) is 5.91 Å². The number of likely N-dealkylation sites (N-methyl/N-ethyl adjacent to an activating group) is 1. The zero-order chi connectivity index (χ0) is 25.2. The first-order valence-corrected chi connectivity index (χ1v) is 10.6. The van der Waals surface area contributed by atoms with Crippen molar-refractivity contribution < 1.29 is 27.1 Å². The second-order valence-electron chi connectivity index (χ2n) is 8.11. The van der Waals surface area contributed by atoms with Gasteiger partial charge in [-0.1, -0.05) is 12.1 Å². The van der Waals surface area contributed by atoms with Crippen LogP contribution in [0.2, 0.25) is 0 Å². The van der Waals surface area contributed by atoms with Crippen LogP contribution in [0.4, 0.5) is 18.9 Å². The molecular weight excluding hydrogens is 463 g/mol. The van der Waals surface area contributed by atoms with Crippen LogP contribution in [-0.2, 0) is 12.7 Å². The fourth-order valence-corrected chi connectivity index (χ4v) is 3.43. The highest BCUT2D eigenvalue weighted by Gasteiger charge is 2.30. The zero-order valence-electron chi connectivity index (χ0n) is 18.9. The lowest BCUT2D eigenvalue weighted by molar-refractivity contribution is -0.137. The van der Waals surface area contributed by atoms with Crippen LogP contribution >= 0.6 is 0 Å². The Hall–Kier alpha value is -4.05. The van der Waals surface area contributed by atoms with Gasteiger partial charge in [0.05, 0.1) is 11.1 Å². The largest absolute Gasteiger partial charge is 0.457 e. The highest BCUT2D eigenvalue weighted by atomic mass is 19.4. The van der Waals surface area contributed by atoms with E-state index in [1.165, 1.54) is 28.8 Å². The lowest BCUT2D eigenvalue weighted by Crippen LogP contribution is -2.23. The Morgan fingerprint density at radius 1 is 1.03 bits per heavy atom. The number of carbonyl (C=O) groups excluding carboxylic acids is 1. The predicted molar refractivity (Wildman–Crippen MR) is 125 cm³/mol. The van der Waals surface area contributed by atoms with Crippen molar-refractivity contribution in [1.82, 2.24) is 9.47 Å². The number of anilines is 1. The molecule has 0 saturated heterocycles. The molecule has 35 heavy (non-hydrogen) atoms. The average Bonchev–Trinajstić information content (AvgIpc) is 3.11. The summed E-state index contributed by atoms with van der Waals surface area (Å²) < 4.78 is 51.2. The second kappa shape index (κ2) is 9.67. The number of ether oxygens (including phenoxy) is 1. The fraction of sp³-hybridized carbons (Fsp3) is 0.200. The summed E-state index contributed by atoms with van der Waals surface area (Å²) in [5.41, 5.74) is 0.819. The van der Waals surface area contributed by atoms with Crippen LogP contribution in [0.3, 0.4) is 0 Å². The normalized spacial score (nSPS) is 11.7. The van der Waals surface area contributed by atoms with Crippen molar-refractivity contribution in [1.29, 1.82) is 0 Å².